The van der Waals surface area contributed by atoms with Crippen LogP contribution in [0.2, 0.25) is 0 Å². The average Bonchev–Trinajstić information content (AvgIpc) is 2.98. The van der Waals surface area contributed by atoms with Gasteiger partial charge in [0.1, 0.15) is 0 Å². The van der Waals surface area contributed by atoms with Gasteiger partial charge >= 0.3 is 6.09 Å². The molecule has 0 aromatic carbocycles. The van der Waals surface area contributed by atoms with Gasteiger partial charge in [-0.05, 0) is 12.5 Å². The maximum atomic E-state index is 12.0. The second-order valence-corrected chi connectivity index (χ2v) is 4.85. The lowest BCUT2D eigenvalue weighted by atomic mass is 10.2. The molecule has 1 unspecified atom stereocenters. The zero-order chi connectivity index (χ0) is 13.8. The number of hydrogen-bond donors (Lipinski definition) is 1. The third kappa shape index (κ3) is 3.57. The predicted octanol–water partition coefficient (Wildman–Crippen LogP) is 0.638. The van der Waals surface area contributed by atoms with E-state index in [4.69, 9.17) is 0 Å². The van der Waals surface area contributed by atoms with Gasteiger partial charge in [-0.25, -0.2) is 4.79 Å². The first-order chi connectivity index (χ1) is 9.08. The summed E-state index contributed by atoms with van der Waals surface area (Å²) < 4.78 is 6.42. The van der Waals surface area contributed by atoms with E-state index in [0.29, 0.717) is 13.1 Å². The lowest BCUT2D eigenvalue weighted by Gasteiger charge is -2.15. The molecule has 1 atom stereocenters. The second-order valence-electron chi connectivity index (χ2n) is 4.85. The zero-order valence-electron chi connectivity index (χ0n) is 11.3. The fourth-order valence-electron chi connectivity index (χ4n) is 2.28. The number of carbonyl (C=O) groups is 2. The van der Waals surface area contributed by atoms with Crippen LogP contribution in [0, 0.1) is 0 Å². The van der Waals surface area contributed by atoms with Gasteiger partial charge in [0.15, 0.2) is 5.78 Å². The van der Waals surface area contributed by atoms with Gasteiger partial charge < -0.3 is 14.6 Å². The lowest BCUT2D eigenvalue weighted by molar-refractivity contribution is 0.0944. The number of hydrogen-bond acceptors (Lipinski definition) is 4. The highest BCUT2D eigenvalue weighted by molar-refractivity contribution is 5.97. The summed E-state index contributed by atoms with van der Waals surface area (Å²) >= 11 is 0. The molecule has 2 heterocycles. The van der Waals surface area contributed by atoms with Crippen LogP contribution >= 0.6 is 0 Å². The Labute approximate surface area is 112 Å². The molecule has 0 aliphatic carbocycles. The van der Waals surface area contributed by atoms with Crippen molar-refractivity contribution < 1.29 is 14.3 Å². The van der Waals surface area contributed by atoms with Crippen LogP contribution in [0.1, 0.15) is 16.8 Å². The topological polar surface area (TPSA) is 63.6 Å². The Morgan fingerprint density at radius 1 is 1.53 bits per heavy atom. The number of nitrogens with one attached hydrogen (secondary N) is 1. The predicted molar refractivity (Wildman–Crippen MR) is 70.1 cm³/mol. The maximum absolute atomic E-state index is 12.0. The third-order valence-corrected chi connectivity index (χ3v) is 3.30. The third-order valence-electron chi connectivity index (χ3n) is 3.30. The van der Waals surface area contributed by atoms with Crippen molar-refractivity contribution in [2.45, 2.75) is 12.5 Å². The van der Waals surface area contributed by atoms with Gasteiger partial charge in [0.25, 0.3) is 0 Å². The largest absolute Gasteiger partial charge is 0.453 e. The van der Waals surface area contributed by atoms with Gasteiger partial charge in [-0.15, -0.1) is 0 Å². The Hall–Kier alpha value is -1.82. The van der Waals surface area contributed by atoms with Gasteiger partial charge in [0.2, 0.25) is 0 Å². The Bertz CT molecular complexity index is 469. The highest BCUT2D eigenvalue weighted by Crippen LogP contribution is 2.11. The molecule has 0 spiro atoms. The number of methoxy groups -OCH3 is 1. The average molecular weight is 265 g/mol. The Kier molecular flexibility index (Phi) is 4.21. The normalized spacial score (nSPS) is 19.4. The number of alkyl carbamates (subject to hydrolysis) is 1. The first-order valence-electron chi connectivity index (χ1n) is 6.30. The first kappa shape index (κ1) is 13.6. The molecule has 6 heteroatoms. The lowest BCUT2D eigenvalue weighted by Crippen LogP contribution is -2.37. The van der Waals surface area contributed by atoms with E-state index < -0.39 is 6.09 Å². The molecular formula is C13H19N3O3. The van der Waals surface area contributed by atoms with Crippen molar-refractivity contribution in [3.05, 3.63) is 24.0 Å². The van der Waals surface area contributed by atoms with Crippen molar-refractivity contribution in [2.24, 2.45) is 7.05 Å². The smallest absolute Gasteiger partial charge is 0.407 e. The summed E-state index contributed by atoms with van der Waals surface area (Å²) in [6.45, 7) is 1.89. The Morgan fingerprint density at radius 2 is 2.32 bits per heavy atom. The number of Topliss-reactive ketones (excluding diaryl/α,β-unsaturated/α-hetero) is 1. The quantitative estimate of drug-likeness (QED) is 0.811. The van der Waals surface area contributed by atoms with Gasteiger partial charge in [-0.3, -0.25) is 9.69 Å². The van der Waals surface area contributed by atoms with Crippen LogP contribution < -0.4 is 5.32 Å². The SMILES string of the molecule is COC(=O)NC1CCN(CC(=O)c2ccn(C)c2)C1. The summed E-state index contributed by atoms with van der Waals surface area (Å²) in [6, 6.07) is 1.89. The van der Waals surface area contributed by atoms with E-state index in [1.165, 1.54) is 7.11 Å². The van der Waals surface area contributed by atoms with Crippen LogP contribution in [0.5, 0.6) is 0 Å². The minimum atomic E-state index is -0.416. The van der Waals surface area contributed by atoms with Gasteiger partial charge in [0.05, 0.1) is 13.7 Å². The number of rotatable bonds is 4. The van der Waals surface area contributed by atoms with E-state index in [1.807, 2.05) is 30.1 Å². The molecule has 19 heavy (non-hydrogen) atoms. The van der Waals surface area contributed by atoms with Crippen molar-refractivity contribution in [3.8, 4) is 0 Å². The molecule has 2 rings (SSSR count). The molecule has 0 bridgehead atoms. The van der Waals surface area contributed by atoms with Gasteiger partial charge in [-0.2, -0.15) is 0 Å². The van der Waals surface area contributed by atoms with Crippen molar-refractivity contribution in [3.63, 3.8) is 0 Å². The molecule has 1 saturated heterocycles. The number of amides is 1. The highest BCUT2D eigenvalue weighted by atomic mass is 16.5. The molecule has 1 amide bonds. The highest BCUT2D eigenvalue weighted by Gasteiger charge is 2.25. The Morgan fingerprint density at radius 3 is 2.95 bits per heavy atom. The minimum Gasteiger partial charge on any atom is -0.453 e. The van der Waals surface area contributed by atoms with Gasteiger partial charge in [-0.1, -0.05) is 0 Å². The van der Waals surface area contributed by atoms with Gasteiger partial charge in [0, 0.05) is 44.1 Å². The van der Waals surface area contributed by atoms with Crippen molar-refractivity contribution in [1.82, 2.24) is 14.8 Å². The number of ether oxygens (including phenoxy) is 1. The summed E-state index contributed by atoms with van der Waals surface area (Å²) in [5, 5.41) is 2.76. The van der Waals surface area contributed by atoms with Crippen molar-refractivity contribution in [1.29, 1.82) is 0 Å². The molecule has 1 fully saturated rings. The number of nitrogens with zero attached hydrogens (tertiary/aromatic N) is 2. The van der Waals surface area contributed by atoms with E-state index in [1.54, 1.807) is 0 Å². The number of aromatic nitrogens is 1. The van der Waals surface area contributed by atoms with E-state index in [9.17, 15) is 9.59 Å². The molecule has 1 aromatic heterocycles. The molecule has 6 nitrogen and oxygen atoms in total. The Balaban J connectivity index is 1.82. The number of carbonyl (C=O) groups excluding carboxylic acids is 2. The molecule has 104 valence electrons. The summed E-state index contributed by atoms with van der Waals surface area (Å²) in [7, 11) is 3.24. The number of ketones is 1. The van der Waals surface area contributed by atoms with Crippen LogP contribution in [0.3, 0.4) is 0 Å². The zero-order valence-corrected chi connectivity index (χ0v) is 11.3. The fourth-order valence-corrected chi connectivity index (χ4v) is 2.28. The fraction of sp³-hybridized carbons (Fsp3) is 0.538. The van der Waals surface area contributed by atoms with E-state index in [2.05, 4.69) is 15.0 Å². The summed E-state index contributed by atoms with van der Waals surface area (Å²) in [6.07, 6.45) is 4.11. The van der Waals surface area contributed by atoms with Crippen molar-refractivity contribution in [2.75, 3.05) is 26.7 Å². The molecule has 1 aromatic rings. The molecule has 1 N–H and O–H groups in total. The van der Waals surface area contributed by atoms with E-state index in [-0.39, 0.29) is 11.8 Å². The summed E-state index contributed by atoms with van der Waals surface area (Å²) in [5.41, 5.74) is 0.729. The molecule has 1 aliphatic rings. The van der Waals surface area contributed by atoms with Crippen LogP contribution in [0.4, 0.5) is 4.79 Å². The minimum absolute atomic E-state index is 0.0658. The van der Waals surface area contributed by atoms with Crippen LogP contribution in [-0.4, -0.2) is 54.1 Å². The number of aryl methyl sites for hydroxylation is 1. The van der Waals surface area contributed by atoms with Crippen LogP contribution in [0.15, 0.2) is 18.5 Å². The van der Waals surface area contributed by atoms with Crippen LogP contribution in [-0.2, 0) is 11.8 Å². The number of likely N-dealkylation sites (tertiary alicyclic amines) is 1. The van der Waals surface area contributed by atoms with Crippen molar-refractivity contribution >= 4 is 11.9 Å². The molecule has 0 saturated carbocycles. The van der Waals surface area contributed by atoms with E-state index in [0.717, 1.165) is 18.5 Å². The summed E-state index contributed by atoms with van der Waals surface area (Å²) in [5.74, 6) is 0.110. The first-order valence-corrected chi connectivity index (χ1v) is 6.30. The molecule has 1 aliphatic heterocycles. The second kappa shape index (κ2) is 5.88. The van der Waals surface area contributed by atoms with Crippen LogP contribution in [0.25, 0.3) is 0 Å². The molecular weight excluding hydrogens is 246 g/mol. The summed E-state index contributed by atoms with van der Waals surface area (Å²) in [4.78, 5) is 25.2. The monoisotopic (exact) mass is 265 g/mol. The maximum Gasteiger partial charge on any atom is 0.407 e. The van der Waals surface area contributed by atoms with E-state index >= 15 is 0 Å². The standard InChI is InChI=1S/C13H19N3O3/c1-15-5-3-10(7-15)12(17)9-16-6-4-11(8-16)14-13(18)19-2/h3,5,7,11H,4,6,8-9H2,1-2H3,(H,14,18). The molecule has 0 radical (unpaired) electrons.